The van der Waals surface area contributed by atoms with Gasteiger partial charge in [-0.1, -0.05) is 29.8 Å². The molecular weight excluding hydrogens is 553 g/mol. The van der Waals surface area contributed by atoms with Gasteiger partial charge in [-0.25, -0.2) is 8.78 Å². The Bertz CT molecular complexity index is 1500. The first kappa shape index (κ1) is 31.2. The molecule has 42 heavy (non-hydrogen) atoms. The van der Waals surface area contributed by atoms with Crippen molar-refractivity contribution in [2.75, 3.05) is 38.2 Å². The second-order valence-electron chi connectivity index (χ2n) is 10.5. The molecule has 1 fully saturated rings. The van der Waals surface area contributed by atoms with Crippen molar-refractivity contribution in [2.45, 2.75) is 39.8 Å². The number of hydrogen-bond donors (Lipinski definition) is 2. The van der Waals surface area contributed by atoms with Gasteiger partial charge in [0, 0.05) is 35.6 Å². The van der Waals surface area contributed by atoms with Crippen LogP contribution in [-0.2, 0) is 15.7 Å². The van der Waals surface area contributed by atoms with Crippen molar-refractivity contribution in [3.8, 4) is 11.1 Å². The van der Waals surface area contributed by atoms with Crippen LogP contribution < -0.4 is 5.32 Å². The number of benzene rings is 2. The third-order valence-corrected chi connectivity index (χ3v) is 7.35. The lowest BCUT2D eigenvalue weighted by Crippen LogP contribution is -2.36. The van der Waals surface area contributed by atoms with Gasteiger partial charge in [0.15, 0.2) is 11.6 Å². The van der Waals surface area contributed by atoms with E-state index in [1.807, 2.05) is 0 Å². The number of carbonyl (C=O) groups is 1. The van der Waals surface area contributed by atoms with Crippen molar-refractivity contribution < 1.29 is 31.5 Å². The van der Waals surface area contributed by atoms with E-state index in [0.29, 0.717) is 11.4 Å². The van der Waals surface area contributed by atoms with E-state index in [0.717, 1.165) is 44.9 Å². The Kier molecular flexibility index (Phi) is 9.68. The maximum absolute atomic E-state index is 14.4. The number of nitrogens with zero attached hydrogens (tertiary/aromatic N) is 1. The third-order valence-electron chi connectivity index (χ3n) is 7.35. The van der Waals surface area contributed by atoms with Crippen LogP contribution in [0.2, 0.25) is 0 Å². The Balaban J connectivity index is 0.000000283. The minimum Gasteiger partial charge on any atom is -0.379 e. The molecule has 0 saturated carbocycles. The number of halogens is 5. The molecule has 0 bridgehead atoms. The summed E-state index contributed by atoms with van der Waals surface area (Å²) in [5, 5.41) is 2.57. The van der Waals surface area contributed by atoms with Crippen LogP contribution in [0.5, 0.6) is 0 Å². The maximum Gasteiger partial charge on any atom is 0.418 e. The quantitative estimate of drug-likeness (QED) is 0.176. The molecule has 2 aliphatic rings. The van der Waals surface area contributed by atoms with Crippen LogP contribution in [0.4, 0.5) is 27.6 Å². The first-order valence-corrected chi connectivity index (χ1v) is 13.7. The maximum atomic E-state index is 14.4. The molecule has 0 spiro atoms. The lowest BCUT2D eigenvalue weighted by molar-refractivity contribution is -0.138. The van der Waals surface area contributed by atoms with E-state index in [1.54, 1.807) is 12.1 Å². The predicted molar refractivity (Wildman–Crippen MR) is 155 cm³/mol. The van der Waals surface area contributed by atoms with Crippen molar-refractivity contribution in [2.24, 2.45) is 0 Å². The zero-order valence-corrected chi connectivity index (χ0v) is 23.9. The predicted octanol–water partition coefficient (Wildman–Crippen LogP) is 7.76. The molecule has 0 radical (unpaired) electrons. The van der Waals surface area contributed by atoms with Gasteiger partial charge in [-0.15, -0.1) is 6.58 Å². The van der Waals surface area contributed by atoms with Crippen LogP contribution in [0, 0.1) is 25.5 Å². The summed E-state index contributed by atoms with van der Waals surface area (Å²) in [6.45, 7) is 14.1. The van der Waals surface area contributed by atoms with E-state index in [4.69, 9.17) is 4.74 Å². The van der Waals surface area contributed by atoms with E-state index >= 15 is 0 Å². The van der Waals surface area contributed by atoms with Crippen molar-refractivity contribution in [3.05, 3.63) is 88.3 Å². The number of amides is 1. The Labute approximate surface area is 242 Å². The highest BCUT2D eigenvalue weighted by Gasteiger charge is 2.38. The van der Waals surface area contributed by atoms with Gasteiger partial charge in [-0.2, -0.15) is 13.2 Å². The normalized spacial score (nSPS) is 16.2. The molecule has 1 aromatic heterocycles. The van der Waals surface area contributed by atoms with Crippen LogP contribution in [0.3, 0.4) is 0 Å². The summed E-state index contributed by atoms with van der Waals surface area (Å²) in [5.41, 5.74) is 1.04. The van der Waals surface area contributed by atoms with Crippen molar-refractivity contribution >= 4 is 23.2 Å². The molecule has 0 atom stereocenters. The summed E-state index contributed by atoms with van der Waals surface area (Å²) < 4.78 is 74.2. The number of nitrogens with one attached hydrogen (secondary N) is 2. The highest BCUT2D eigenvalue weighted by atomic mass is 19.4. The number of ether oxygens (including phenoxy) is 1. The number of aromatic amines is 1. The van der Waals surface area contributed by atoms with Crippen LogP contribution >= 0.6 is 0 Å². The number of morpholine rings is 1. The number of allylic oxidation sites excluding steroid dienone is 1. The third kappa shape index (κ3) is 6.99. The van der Waals surface area contributed by atoms with Crippen LogP contribution in [0.1, 0.15) is 47.8 Å². The molecule has 5 rings (SSSR count). The van der Waals surface area contributed by atoms with Gasteiger partial charge >= 0.3 is 6.18 Å². The fourth-order valence-electron chi connectivity index (χ4n) is 5.12. The Hall–Kier alpha value is -3.76. The van der Waals surface area contributed by atoms with Gasteiger partial charge in [-0.3, -0.25) is 9.69 Å². The number of fused-ring (bicyclic) bond motifs is 1. The van der Waals surface area contributed by atoms with Crippen LogP contribution in [-0.4, -0.2) is 48.6 Å². The number of carbonyl (C=O) groups excluding carboxylic acids is 1. The number of aromatic nitrogens is 1. The van der Waals surface area contributed by atoms with Crippen molar-refractivity contribution in [1.82, 2.24) is 9.88 Å². The van der Waals surface area contributed by atoms with Gasteiger partial charge in [0.05, 0.1) is 30.0 Å². The van der Waals surface area contributed by atoms with Gasteiger partial charge in [0.25, 0.3) is 5.91 Å². The van der Waals surface area contributed by atoms with Crippen LogP contribution in [0.25, 0.3) is 22.8 Å². The second-order valence-corrected chi connectivity index (χ2v) is 10.5. The molecule has 3 heterocycles. The number of alkyl halides is 3. The van der Waals surface area contributed by atoms with Crippen molar-refractivity contribution in [1.29, 1.82) is 0 Å². The summed E-state index contributed by atoms with van der Waals surface area (Å²) in [6.07, 6.45) is -1.12. The number of aryl methyl sites for hydroxylation is 1. The molecule has 10 heteroatoms. The molecule has 5 nitrogen and oxygen atoms in total. The highest BCUT2D eigenvalue weighted by Crippen LogP contribution is 2.43. The molecule has 2 aromatic carbocycles. The van der Waals surface area contributed by atoms with E-state index in [-0.39, 0.29) is 33.5 Å². The van der Waals surface area contributed by atoms with E-state index in [1.165, 1.54) is 50.6 Å². The second kappa shape index (κ2) is 13.0. The average Bonchev–Trinajstić information content (AvgIpc) is 3.40. The Morgan fingerprint density at radius 2 is 1.74 bits per heavy atom. The Morgan fingerprint density at radius 1 is 1.07 bits per heavy atom. The van der Waals surface area contributed by atoms with E-state index in [2.05, 4.69) is 28.7 Å². The number of rotatable bonds is 6. The minimum absolute atomic E-state index is 0.0254. The molecule has 3 aromatic rings. The zero-order chi connectivity index (χ0) is 30.6. The smallest absolute Gasteiger partial charge is 0.379 e. The summed E-state index contributed by atoms with van der Waals surface area (Å²) >= 11 is 0. The molecule has 1 amide bonds. The first-order chi connectivity index (χ1) is 19.9. The zero-order valence-electron chi connectivity index (χ0n) is 23.9. The first-order valence-electron chi connectivity index (χ1n) is 13.7. The van der Waals surface area contributed by atoms with Gasteiger partial charge < -0.3 is 15.0 Å². The highest BCUT2D eigenvalue weighted by molar-refractivity contribution is 6.36. The van der Waals surface area contributed by atoms with Gasteiger partial charge in [0.1, 0.15) is 0 Å². The van der Waals surface area contributed by atoms with Gasteiger partial charge in [-0.05, 0) is 69.5 Å². The molecule has 1 saturated heterocycles. The summed E-state index contributed by atoms with van der Waals surface area (Å²) in [4.78, 5) is 17.7. The fourth-order valence-corrected chi connectivity index (χ4v) is 5.12. The monoisotopic (exact) mass is 587 g/mol. The molecule has 0 aliphatic carbocycles. The lowest BCUT2D eigenvalue weighted by atomic mass is 9.93. The molecular formula is C32H34F5N3O2. The molecule has 2 aliphatic heterocycles. The summed E-state index contributed by atoms with van der Waals surface area (Å²) in [6, 6.07) is 8.21. The molecule has 2 N–H and O–H groups in total. The SMILES string of the molecule is C=C(C)CCCN1CCOCC1.Cc1[nH]c(/C=C2\C(=O)Nc3cccc(-c4cccc(F)c4F)c32)c(C(F)(F)F)c1C. The number of anilines is 1. The van der Waals surface area contributed by atoms with Gasteiger partial charge in [0.2, 0.25) is 0 Å². The summed E-state index contributed by atoms with van der Waals surface area (Å²) in [7, 11) is 0. The summed E-state index contributed by atoms with van der Waals surface area (Å²) in [5.74, 6) is -2.80. The van der Waals surface area contributed by atoms with E-state index < -0.39 is 29.3 Å². The largest absolute Gasteiger partial charge is 0.418 e. The average molecular weight is 588 g/mol. The van der Waals surface area contributed by atoms with Crippen molar-refractivity contribution in [3.63, 3.8) is 0 Å². The lowest BCUT2D eigenvalue weighted by Gasteiger charge is -2.26. The fraction of sp³-hybridized carbons (Fsp3) is 0.344. The number of H-pyrrole nitrogens is 1. The van der Waals surface area contributed by atoms with E-state index in [9.17, 15) is 26.7 Å². The standard InChI is InChI=1S/C22H15F5N2O.C10H19NO/c1-10-11(2)28-17(19(10)22(25,26)27)9-14-18-12(5-4-8-16(18)29-21(14)30)13-6-3-7-15(23)20(13)24;1-10(2)4-3-5-11-6-8-12-9-7-11/h3-9,28H,1-2H3,(H,29,30);1,3-9H2,2H3/b14-9-;. The molecule has 224 valence electrons. The topological polar surface area (TPSA) is 57.4 Å². The number of hydrogen-bond acceptors (Lipinski definition) is 3. The molecule has 0 unspecified atom stereocenters. The Morgan fingerprint density at radius 3 is 2.40 bits per heavy atom. The van der Waals surface area contributed by atoms with Crippen LogP contribution in [0.15, 0.2) is 48.6 Å². The minimum atomic E-state index is -4.63.